The molecule has 0 aliphatic rings. The van der Waals surface area contributed by atoms with Crippen molar-refractivity contribution in [2.24, 2.45) is 0 Å². The second-order valence-electron chi connectivity index (χ2n) is 8.17. The van der Waals surface area contributed by atoms with Crippen LogP contribution in [-0.2, 0) is 27.2 Å². The van der Waals surface area contributed by atoms with Crippen LogP contribution in [0.2, 0.25) is 0 Å². The largest absolute Gasteiger partial charge is 0.494 e. The molecule has 0 atom stereocenters. The van der Waals surface area contributed by atoms with Crippen molar-refractivity contribution in [2.75, 3.05) is 18.5 Å². The van der Waals surface area contributed by atoms with E-state index in [9.17, 15) is 9.59 Å². The van der Waals surface area contributed by atoms with Gasteiger partial charge in [-0.1, -0.05) is 60.7 Å². The normalized spacial score (nSPS) is 10.5. The Morgan fingerprint density at radius 1 is 0.647 bits per heavy atom. The zero-order chi connectivity index (χ0) is 23.8. The van der Waals surface area contributed by atoms with Gasteiger partial charge in [-0.25, -0.2) is 0 Å². The van der Waals surface area contributed by atoms with Gasteiger partial charge in [-0.3, -0.25) is 9.59 Å². The molecule has 0 bridgehead atoms. The number of hydrogen-bond acceptors (Lipinski definition) is 4. The summed E-state index contributed by atoms with van der Waals surface area (Å²) in [5.74, 6) is 0.407. The molecule has 0 radical (unpaired) electrons. The average molecular weight is 460 g/mol. The van der Waals surface area contributed by atoms with Gasteiger partial charge in [-0.15, -0.1) is 0 Å². The molecule has 1 N–H and O–H groups in total. The molecule has 0 heterocycles. The minimum absolute atomic E-state index is 0.117. The molecular weight excluding hydrogens is 426 g/mol. The molecule has 0 aliphatic carbocycles. The Bertz CT molecular complexity index is 988. The van der Waals surface area contributed by atoms with E-state index in [0.29, 0.717) is 25.3 Å². The van der Waals surface area contributed by atoms with Crippen molar-refractivity contribution in [3.05, 3.63) is 96.1 Å². The van der Waals surface area contributed by atoms with Crippen molar-refractivity contribution < 1.29 is 19.1 Å². The Hall–Kier alpha value is -3.60. The van der Waals surface area contributed by atoms with Crippen LogP contribution in [0.15, 0.2) is 84.9 Å². The minimum atomic E-state index is -0.255. The Morgan fingerprint density at radius 3 is 1.85 bits per heavy atom. The van der Waals surface area contributed by atoms with E-state index in [1.165, 1.54) is 11.1 Å². The number of anilines is 1. The highest BCUT2D eigenvalue weighted by Gasteiger charge is 2.07. The van der Waals surface area contributed by atoms with Crippen molar-refractivity contribution in [3.8, 4) is 5.75 Å². The van der Waals surface area contributed by atoms with Crippen LogP contribution in [0.1, 0.15) is 43.2 Å². The van der Waals surface area contributed by atoms with Gasteiger partial charge in [0.1, 0.15) is 5.75 Å². The molecule has 3 rings (SSSR count). The van der Waals surface area contributed by atoms with Crippen LogP contribution in [0.25, 0.3) is 0 Å². The zero-order valence-corrected chi connectivity index (χ0v) is 19.6. The first-order chi connectivity index (χ1) is 16.7. The first-order valence-electron chi connectivity index (χ1n) is 12.0. The minimum Gasteiger partial charge on any atom is -0.494 e. The van der Waals surface area contributed by atoms with E-state index in [1.54, 1.807) is 0 Å². The van der Waals surface area contributed by atoms with Gasteiger partial charge in [0.05, 0.1) is 13.2 Å². The van der Waals surface area contributed by atoms with Crippen LogP contribution in [0.4, 0.5) is 5.69 Å². The van der Waals surface area contributed by atoms with E-state index >= 15 is 0 Å². The van der Waals surface area contributed by atoms with Gasteiger partial charge in [0.15, 0.2) is 0 Å². The number of ether oxygens (including phenoxy) is 2. The van der Waals surface area contributed by atoms with Gasteiger partial charge in [-0.05, 0) is 67.5 Å². The van der Waals surface area contributed by atoms with E-state index in [2.05, 4.69) is 29.6 Å². The summed E-state index contributed by atoms with van der Waals surface area (Å²) in [6.07, 6.45) is 4.59. The number of carbonyl (C=O) groups is 2. The third kappa shape index (κ3) is 9.90. The highest BCUT2D eigenvalue weighted by atomic mass is 16.5. The maximum absolute atomic E-state index is 12.1. The van der Waals surface area contributed by atoms with Crippen molar-refractivity contribution in [1.82, 2.24) is 0 Å². The van der Waals surface area contributed by atoms with Crippen molar-refractivity contribution in [3.63, 3.8) is 0 Å². The predicted molar refractivity (Wildman–Crippen MR) is 135 cm³/mol. The summed E-state index contributed by atoms with van der Waals surface area (Å²) in [7, 11) is 0. The maximum Gasteiger partial charge on any atom is 0.305 e. The number of aryl methyl sites for hydroxylation is 2. The third-order valence-corrected chi connectivity index (χ3v) is 5.36. The van der Waals surface area contributed by atoms with Crippen molar-refractivity contribution >= 4 is 17.6 Å². The van der Waals surface area contributed by atoms with Gasteiger partial charge < -0.3 is 14.8 Å². The molecule has 5 heteroatoms. The third-order valence-electron chi connectivity index (χ3n) is 5.36. The molecule has 0 saturated carbocycles. The van der Waals surface area contributed by atoms with Crippen LogP contribution in [-0.4, -0.2) is 25.1 Å². The van der Waals surface area contributed by atoms with Crippen LogP contribution in [0.3, 0.4) is 0 Å². The molecule has 5 nitrogen and oxygen atoms in total. The average Bonchev–Trinajstić information content (AvgIpc) is 2.87. The Labute approximate surface area is 202 Å². The van der Waals surface area contributed by atoms with E-state index in [1.807, 2.05) is 60.7 Å². The number of nitrogens with one attached hydrogen (secondary N) is 1. The standard InChI is InChI=1S/C29H33NO4/c31-28(16-7-17-29(32)34-23-9-15-25-12-5-2-6-13-25)30-26-18-20-27(21-19-26)33-22-8-14-24-10-3-1-4-11-24/h1-6,10-13,18-21H,7-9,14-17,22-23H2,(H,30,31). The number of esters is 1. The first-order valence-corrected chi connectivity index (χ1v) is 12.0. The van der Waals surface area contributed by atoms with E-state index in [4.69, 9.17) is 9.47 Å². The molecule has 0 spiro atoms. The molecule has 0 aromatic heterocycles. The summed E-state index contributed by atoms with van der Waals surface area (Å²) in [6, 6.07) is 27.8. The maximum atomic E-state index is 12.1. The summed E-state index contributed by atoms with van der Waals surface area (Å²) in [5, 5.41) is 2.86. The van der Waals surface area contributed by atoms with Crippen molar-refractivity contribution in [1.29, 1.82) is 0 Å². The lowest BCUT2D eigenvalue weighted by Gasteiger charge is -2.09. The lowest BCUT2D eigenvalue weighted by atomic mass is 10.1. The second kappa shape index (κ2) is 14.5. The fourth-order valence-corrected chi connectivity index (χ4v) is 3.54. The second-order valence-corrected chi connectivity index (χ2v) is 8.17. The van der Waals surface area contributed by atoms with Crippen LogP contribution < -0.4 is 10.1 Å². The lowest BCUT2D eigenvalue weighted by Crippen LogP contribution is -2.13. The SMILES string of the molecule is O=C(CCCC(=O)OCCCc1ccccc1)Nc1ccc(OCCCc2ccccc2)cc1. The number of rotatable bonds is 14. The quantitative estimate of drug-likeness (QED) is 0.238. The van der Waals surface area contributed by atoms with Crippen LogP contribution in [0.5, 0.6) is 5.75 Å². The molecule has 0 saturated heterocycles. The number of benzene rings is 3. The fourth-order valence-electron chi connectivity index (χ4n) is 3.54. The van der Waals surface area contributed by atoms with E-state index < -0.39 is 0 Å². The summed E-state index contributed by atoms with van der Waals surface area (Å²) in [6.45, 7) is 1.05. The molecule has 34 heavy (non-hydrogen) atoms. The number of amides is 1. The Morgan fingerprint density at radius 2 is 1.24 bits per heavy atom. The molecule has 3 aromatic rings. The highest BCUT2D eigenvalue weighted by Crippen LogP contribution is 2.17. The fraction of sp³-hybridized carbons (Fsp3) is 0.310. The monoisotopic (exact) mass is 459 g/mol. The summed E-state index contributed by atoms with van der Waals surface area (Å²) in [5.41, 5.74) is 3.25. The van der Waals surface area contributed by atoms with Gasteiger partial charge in [0, 0.05) is 18.5 Å². The summed E-state index contributed by atoms with van der Waals surface area (Å²) in [4.78, 5) is 24.0. The molecule has 0 fully saturated rings. The molecule has 0 aliphatic heterocycles. The summed E-state index contributed by atoms with van der Waals surface area (Å²) >= 11 is 0. The molecule has 0 unspecified atom stereocenters. The molecule has 3 aromatic carbocycles. The smallest absolute Gasteiger partial charge is 0.305 e. The van der Waals surface area contributed by atoms with Gasteiger partial charge in [-0.2, -0.15) is 0 Å². The molecular formula is C29H33NO4. The van der Waals surface area contributed by atoms with Gasteiger partial charge in [0.2, 0.25) is 5.91 Å². The van der Waals surface area contributed by atoms with Crippen molar-refractivity contribution in [2.45, 2.75) is 44.9 Å². The molecule has 1 amide bonds. The lowest BCUT2D eigenvalue weighted by molar-refractivity contribution is -0.143. The highest BCUT2D eigenvalue weighted by molar-refractivity contribution is 5.90. The summed E-state index contributed by atoms with van der Waals surface area (Å²) < 4.78 is 11.0. The van der Waals surface area contributed by atoms with Gasteiger partial charge in [0.25, 0.3) is 0 Å². The van der Waals surface area contributed by atoms with E-state index in [-0.39, 0.29) is 24.7 Å². The predicted octanol–water partition coefficient (Wildman–Crippen LogP) is 5.98. The Balaban J connectivity index is 1.23. The topological polar surface area (TPSA) is 64.6 Å². The first kappa shape index (κ1) is 25.0. The number of hydrogen-bond donors (Lipinski definition) is 1. The van der Waals surface area contributed by atoms with Crippen LogP contribution in [0, 0.1) is 0 Å². The number of carbonyl (C=O) groups excluding carboxylic acids is 2. The zero-order valence-electron chi connectivity index (χ0n) is 19.6. The van der Waals surface area contributed by atoms with E-state index in [0.717, 1.165) is 31.4 Å². The van der Waals surface area contributed by atoms with Gasteiger partial charge >= 0.3 is 5.97 Å². The Kier molecular flexibility index (Phi) is 10.7. The van der Waals surface area contributed by atoms with Crippen LogP contribution >= 0.6 is 0 Å². The molecule has 178 valence electrons.